The van der Waals surface area contributed by atoms with Gasteiger partial charge in [-0.3, -0.25) is 9.69 Å². The molecule has 0 aliphatic rings. The average Bonchev–Trinajstić information content (AvgIpc) is 2.83. The van der Waals surface area contributed by atoms with E-state index in [1.807, 2.05) is 31.2 Å². The summed E-state index contributed by atoms with van der Waals surface area (Å²) in [6.45, 7) is 4.57. The maximum Gasteiger partial charge on any atom is 0.179 e. The zero-order chi connectivity index (χ0) is 14.7. The number of aromatic nitrogens is 1. The molecule has 1 atom stereocenters. The number of nitrogens with zero attached hydrogens (tertiary/aromatic N) is 2. The predicted octanol–water partition coefficient (Wildman–Crippen LogP) is 3.81. The van der Waals surface area contributed by atoms with E-state index in [-0.39, 0.29) is 11.8 Å². The molecule has 0 aliphatic carbocycles. The van der Waals surface area contributed by atoms with E-state index in [2.05, 4.69) is 4.98 Å². The maximum absolute atomic E-state index is 12.4. The molecule has 106 valence electrons. The predicted molar refractivity (Wildman–Crippen MR) is 83.6 cm³/mol. The molecule has 2 aromatic rings. The lowest BCUT2D eigenvalue weighted by Gasteiger charge is -2.22. The number of thiazole rings is 1. The second kappa shape index (κ2) is 6.48. The number of hydrogen-bond acceptors (Lipinski definition) is 4. The number of rotatable bonds is 5. The van der Waals surface area contributed by atoms with Gasteiger partial charge in [0.2, 0.25) is 0 Å². The first-order chi connectivity index (χ1) is 9.47. The summed E-state index contributed by atoms with van der Waals surface area (Å²) in [7, 11) is 1.94. The van der Waals surface area contributed by atoms with Crippen molar-refractivity contribution in [3.8, 4) is 0 Å². The number of ketones is 1. The number of Topliss-reactive ketones (excluding diaryl/α,β-unsaturated/α-hetero) is 1. The molecule has 0 spiro atoms. The smallest absolute Gasteiger partial charge is 0.179 e. The Balaban J connectivity index is 2.04. The number of benzene rings is 1. The lowest BCUT2D eigenvalue weighted by Crippen LogP contribution is -2.35. The van der Waals surface area contributed by atoms with Crippen LogP contribution in [0.1, 0.15) is 28.0 Å². The van der Waals surface area contributed by atoms with Crippen LogP contribution in [0.15, 0.2) is 29.6 Å². The van der Waals surface area contributed by atoms with E-state index in [1.165, 1.54) is 0 Å². The minimum atomic E-state index is -0.196. The van der Waals surface area contributed by atoms with Gasteiger partial charge in [0.05, 0.1) is 16.7 Å². The molecule has 0 saturated carbocycles. The van der Waals surface area contributed by atoms with Crippen molar-refractivity contribution in [2.75, 3.05) is 7.05 Å². The van der Waals surface area contributed by atoms with Gasteiger partial charge in [-0.1, -0.05) is 11.6 Å². The van der Waals surface area contributed by atoms with Gasteiger partial charge in [0.25, 0.3) is 0 Å². The second-order valence-corrected chi connectivity index (χ2v) is 6.32. The van der Waals surface area contributed by atoms with Crippen LogP contribution in [0, 0.1) is 6.92 Å². The third-order valence-corrected chi connectivity index (χ3v) is 4.32. The average molecular weight is 309 g/mol. The third-order valence-electron chi connectivity index (χ3n) is 3.25. The summed E-state index contributed by atoms with van der Waals surface area (Å²) >= 11 is 7.47. The van der Waals surface area contributed by atoms with Crippen molar-refractivity contribution < 1.29 is 4.79 Å². The lowest BCUT2D eigenvalue weighted by molar-refractivity contribution is 0.0861. The SMILES string of the molecule is Cc1nc(CN(C)C(C)C(=O)c2ccc(Cl)cc2)cs1. The quantitative estimate of drug-likeness (QED) is 0.788. The maximum atomic E-state index is 12.4. The summed E-state index contributed by atoms with van der Waals surface area (Å²) in [5.41, 5.74) is 1.69. The molecule has 0 saturated heterocycles. The van der Waals surface area contributed by atoms with Crippen LogP contribution in [-0.4, -0.2) is 28.8 Å². The Labute approximate surface area is 128 Å². The number of likely N-dealkylation sites (N-methyl/N-ethyl adjacent to an activating group) is 1. The van der Waals surface area contributed by atoms with Gasteiger partial charge in [0, 0.05) is 22.5 Å². The van der Waals surface area contributed by atoms with Crippen LogP contribution in [0.5, 0.6) is 0 Å². The molecule has 1 aromatic carbocycles. The number of aryl methyl sites for hydroxylation is 1. The molecule has 0 amide bonds. The highest BCUT2D eigenvalue weighted by Gasteiger charge is 2.20. The Kier molecular flexibility index (Phi) is 4.91. The molecule has 2 rings (SSSR count). The largest absolute Gasteiger partial charge is 0.292 e. The molecule has 20 heavy (non-hydrogen) atoms. The van der Waals surface area contributed by atoms with Crippen molar-refractivity contribution in [1.29, 1.82) is 0 Å². The summed E-state index contributed by atoms with van der Waals surface area (Å²) in [5.74, 6) is 0.0936. The Morgan fingerprint density at radius 1 is 1.40 bits per heavy atom. The molecule has 0 aliphatic heterocycles. The molecule has 0 N–H and O–H groups in total. The van der Waals surface area contributed by atoms with Crippen LogP contribution in [0.25, 0.3) is 0 Å². The minimum absolute atomic E-state index is 0.0936. The summed E-state index contributed by atoms with van der Waals surface area (Å²) in [4.78, 5) is 18.8. The fourth-order valence-electron chi connectivity index (χ4n) is 1.93. The number of halogens is 1. The zero-order valence-electron chi connectivity index (χ0n) is 11.8. The first kappa shape index (κ1) is 15.2. The van der Waals surface area contributed by atoms with E-state index in [0.717, 1.165) is 10.7 Å². The van der Waals surface area contributed by atoms with E-state index in [1.54, 1.807) is 35.6 Å². The first-order valence-corrected chi connectivity index (χ1v) is 7.64. The van der Waals surface area contributed by atoms with Crippen molar-refractivity contribution in [1.82, 2.24) is 9.88 Å². The van der Waals surface area contributed by atoms with Gasteiger partial charge in [-0.05, 0) is 45.2 Å². The zero-order valence-corrected chi connectivity index (χ0v) is 13.3. The van der Waals surface area contributed by atoms with Crippen LogP contribution in [0.3, 0.4) is 0 Å². The standard InChI is InChI=1S/C15H17ClN2OS/c1-10(15(19)12-4-6-13(16)7-5-12)18(3)8-14-9-20-11(2)17-14/h4-7,9-10H,8H2,1-3H3. The van der Waals surface area contributed by atoms with E-state index in [4.69, 9.17) is 11.6 Å². The van der Waals surface area contributed by atoms with Crippen molar-refractivity contribution in [2.24, 2.45) is 0 Å². The summed E-state index contributed by atoms with van der Waals surface area (Å²) in [6, 6.07) is 6.82. The molecular formula is C15H17ClN2OS. The first-order valence-electron chi connectivity index (χ1n) is 6.38. The Morgan fingerprint density at radius 3 is 2.60 bits per heavy atom. The van der Waals surface area contributed by atoms with Crippen LogP contribution in [0.4, 0.5) is 0 Å². The normalized spacial score (nSPS) is 12.7. The molecular weight excluding hydrogens is 292 g/mol. The van der Waals surface area contributed by atoms with Crippen LogP contribution in [0.2, 0.25) is 5.02 Å². The Bertz CT molecular complexity index is 594. The molecule has 0 bridgehead atoms. The van der Waals surface area contributed by atoms with Gasteiger partial charge >= 0.3 is 0 Å². The van der Waals surface area contributed by atoms with Crippen LogP contribution >= 0.6 is 22.9 Å². The van der Waals surface area contributed by atoms with E-state index in [0.29, 0.717) is 17.1 Å². The fourth-order valence-corrected chi connectivity index (χ4v) is 2.66. The molecule has 5 heteroatoms. The Hall–Kier alpha value is -1.23. The molecule has 1 heterocycles. The second-order valence-electron chi connectivity index (χ2n) is 4.82. The van der Waals surface area contributed by atoms with Gasteiger partial charge in [0.1, 0.15) is 0 Å². The monoisotopic (exact) mass is 308 g/mol. The van der Waals surface area contributed by atoms with Crippen molar-refractivity contribution >= 4 is 28.7 Å². The van der Waals surface area contributed by atoms with Gasteiger partial charge in [-0.25, -0.2) is 4.98 Å². The van der Waals surface area contributed by atoms with Gasteiger partial charge in [0.15, 0.2) is 5.78 Å². The van der Waals surface area contributed by atoms with Gasteiger partial charge in [-0.2, -0.15) is 0 Å². The topological polar surface area (TPSA) is 33.2 Å². The minimum Gasteiger partial charge on any atom is -0.292 e. The summed E-state index contributed by atoms with van der Waals surface area (Å²) in [6.07, 6.45) is 0. The van der Waals surface area contributed by atoms with Gasteiger partial charge in [-0.15, -0.1) is 11.3 Å². The molecule has 1 unspecified atom stereocenters. The lowest BCUT2D eigenvalue weighted by atomic mass is 10.0. The molecule has 1 aromatic heterocycles. The molecule has 0 fully saturated rings. The van der Waals surface area contributed by atoms with E-state index < -0.39 is 0 Å². The van der Waals surface area contributed by atoms with Crippen molar-refractivity contribution in [3.05, 3.63) is 50.9 Å². The van der Waals surface area contributed by atoms with Crippen molar-refractivity contribution in [3.63, 3.8) is 0 Å². The summed E-state index contributed by atoms with van der Waals surface area (Å²) in [5, 5.41) is 3.72. The highest BCUT2D eigenvalue weighted by atomic mass is 35.5. The molecule has 3 nitrogen and oxygen atoms in total. The number of hydrogen-bond donors (Lipinski definition) is 0. The highest BCUT2D eigenvalue weighted by Crippen LogP contribution is 2.15. The van der Waals surface area contributed by atoms with Crippen molar-refractivity contribution in [2.45, 2.75) is 26.4 Å². The van der Waals surface area contributed by atoms with E-state index >= 15 is 0 Å². The van der Waals surface area contributed by atoms with E-state index in [9.17, 15) is 4.79 Å². The summed E-state index contributed by atoms with van der Waals surface area (Å²) < 4.78 is 0. The molecule has 0 radical (unpaired) electrons. The van der Waals surface area contributed by atoms with Gasteiger partial charge < -0.3 is 0 Å². The van der Waals surface area contributed by atoms with Crippen LogP contribution in [-0.2, 0) is 6.54 Å². The third kappa shape index (κ3) is 3.66. The Morgan fingerprint density at radius 2 is 2.05 bits per heavy atom. The number of carbonyl (C=O) groups is 1. The number of carbonyl (C=O) groups excluding carboxylic acids is 1. The van der Waals surface area contributed by atoms with Crippen LogP contribution < -0.4 is 0 Å². The highest BCUT2D eigenvalue weighted by molar-refractivity contribution is 7.09. The fraction of sp³-hybridized carbons (Fsp3) is 0.333.